The van der Waals surface area contributed by atoms with E-state index in [4.69, 9.17) is 5.11 Å². The SMILES string of the molecule is C[C@@]1(F)CCCC[C@H]1O. The van der Waals surface area contributed by atoms with E-state index in [-0.39, 0.29) is 0 Å². The molecule has 0 aliphatic heterocycles. The Labute approximate surface area is 54.9 Å². The first kappa shape index (κ1) is 7.00. The molecule has 0 radical (unpaired) electrons. The standard InChI is InChI=1S/C7H13FO/c1-7(8)5-3-2-4-6(7)9/h6,9H,2-5H2,1H3/t6-,7-/m1/s1. The van der Waals surface area contributed by atoms with E-state index in [2.05, 4.69) is 0 Å². The van der Waals surface area contributed by atoms with E-state index in [1.54, 1.807) is 0 Å². The molecule has 2 atom stereocenters. The van der Waals surface area contributed by atoms with E-state index < -0.39 is 11.8 Å². The summed E-state index contributed by atoms with van der Waals surface area (Å²) in [5, 5.41) is 9.06. The van der Waals surface area contributed by atoms with Crippen molar-refractivity contribution in [3.05, 3.63) is 0 Å². The fourth-order valence-corrected chi connectivity index (χ4v) is 1.28. The summed E-state index contributed by atoms with van der Waals surface area (Å²) in [6.07, 6.45) is 2.33. The van der Waals surface area contributed by atoms with Crippen LogP contribution in [0.1, 0.15) is 32.6 Å². The minimum Gasteiger partial charge on any atom is -0.390 e. The molecule has 0 heterocycles. The van der Waals surface area contributed by atoms with E-state index in [9.17, 15) is 4.39 Å². The highest BCUT2D eigenvalue weighted by Crippen LogP contribution is 2.31. The molecule has 1 saturated carbocycles. The smallest absolute Gasteiger partial charge is 0.134 e. The minimum absolute atomic E-state index is 0.522. The van der Waals surface area contributed by atoms with Gasteiger partial charge < -0.3 is 5.11 Å². The zero-order chi connectivity index (χ0) is 6.91. The van der Waals surface area contributed by atoms with Gasteiger partial charge in [0, 0.05) is 0 Å². The molecule has 1 rings (SSSR count). The average molecular weight is 132 g/mol. The predicted molar refractivity (Wildman–Crippen MR) is 34.0 cm³/mol. The molecule has 1 N–H and O–H groups in total. The molecule has 1 nitrogen and oxygen atoms in total. The summed E-state index contributed by atoms with van der Waals surface area (Å²) in [4.78, 5) is 0. The van der Waals surface area contributed by atoms with Crippen LogP contribution in [0.4, 0.5) is 4.39 Å². The Bertz CT molecular complexity index is 101. The number of hydrogen-bond acceptors (Lipinski definition) is 1. The van der Waals surface area contributed by atoms with Gasteiger partial charge in [-0.25, -0.2) is 4.39 Å². The van der Waals surface area contributed by atoms with Crippen molar-refractivity contribution in [1.82, 2.24) is 0 Å². The highest BCUT2D eigenvalue weighted by molar-refractivity contribution is 4.85. The van der Waals surface area contributed by atoms with Gasteiger partial charge in [-0.15, -0.1) is 0 Å². The monoisotopic (exact) mass is 132 g/mol. The summed E-state index contributed by atoms with van der Waals surface area (Å²) >= 11 is 0. The van der Waals surface area contributed by atoms with Crippen LogP contribution >= 0.6 is 0 Å². The number of halogens is 1. The van der Waals surface area contributed by atoms with Gasteiger partial charge in [-0.2, -0.15) is 0 Å². The fourth-order valence-electron chi connectivity index (χ4n) is 1.28. The lowest BCUT2D eigenvalue weighted by Gasteiger charge is -2.30. The summed E-state index contributed by atoms with van der Waals surface area (Å²) in [5.74, 6) is 0. The molecular weight excluding hydrogens is 119 g/mol. The number of alkyl halides is 1. The normalized spacial score (nSPS) is 45.0. The zero-order valence-corrected chi connectivity index (χ0v) is 5.73. The molecule has 0 amide bonds. The van der Waals surface area contributed by atoms with Gasteiger partial charge in [-0.3, -0.25) is 0 Å². The number of rotatable bonds is 0. The van der Waals surface area contributed by atoms with Gasteiger partial charge in [0.05, 0.1) is 6.10 Å². The van der Waals surface area contributed by atoms with Crippen molar-refractivity contribution in [2.24, 2.45) is 0 Å². The van der Waals surface area contributed by atoms with Crippen molar-refractivity contribution in [2.45, 2.75) is 44.4 Å². The van der Waals surface area contributed by atoms with E-state index >= 15 is 0 Å². The van der Waals surface area contributed by atoms with Gasteiger partial charge >= 0.3 is 0 Å². The van der Waals surface area contributed by atoms with Crippen molar-refractivity contribution in [3.8, 4) is 0 Å². The Kier molecular flexibility index (Phi) is 1.75. The molecular formula is C7H13FO. The lowest BCUT2D eigenvalue weighted by atomic mass is 9.85. The quantitative estimate of drug-likeness (QED) is 0.531. The van der Waals surface area contributed by atoms with Crippen molar-refractivity contribution < 1.29 is 9.50 Å². The van der Waals surface area contributed by atoms with Crippen LogP contribution in [-0.2, 0) is 0 Å². The number of hydrogen-bond donors (Lipinski definition) is 1. The second-order valence-corrected chi connectivity index (χ2v) is 3.04. The molecule has 0 aromatic carbocycles. The van der Waals surface area contributed by atoms with Gasteiger partial charge in [0.1, 0.15) is 5.67 Å². The van der Waals surface area contributed by atoms with Crippen molar-refractivity contribution in [3.63, 3.8) is 0 Å². The topological polar surface area (TPSA) is 20.2 Å². The lowest BCUT2D eigenvalue weighted by Crippen LogP contribution is -2.37. The predicted octanol–water partition coefficient (Wildman–Crippen LogP) is 1.65. The van der Waals surface area contributed by atoms with Gasteiger partial charge in [0.15, 0.2) is 0 Å². The second kappa shape index (κ2) is 2.25. The maximum atomic E-state index is 13.0. The van der Waals surface area contributed by atoms with E-state index in [0.717, 1.165) is 12.8 Å². The van der Waals surface area contributed by atoms with E-state index in [1.165, 1.54) is 6.92 Å². The van der Waals surface area contributed by atoms with Gasteiger partial charge in [0.25, 0.3) is 0 Å². The van der Waals surface area contributed by atoms with Crippen LogP contribution in [0.5, 0.6) is 0 Å². The Morgan fingerprint density at radius 1 is 1.56 bits per heavy atom. The van der Waals surface area contributed by atoms with Crippen LogP contribution < -0.4 is 0 Å². The van der Waals surface area contributed by atoms with Gasteiger partial charge in [0.2, 0.25) is 0 Å². The van der Waals surface area contributed by atoms with E-state index in [1.807, 2.05) is 0 Å². The molecule has 0 unspecified atom stereocenters. The molecule has 1 fully saturated rings. The molecule has 0 spiro atoms. The first-order valence-corrected chi connectivity index (χ1v) is 3.50. The first-order chi connectivity index (χ1) is 4.13. The third-order valence-corrected chi connectivity index (χ3v) is 2.09. The Hall–Kier alpha value is -0.110. The summed E-state index contributed by atoms with van der Waals surface area (Å²) in [7, 11) is 0. The Balaban J connectivity index is 2.49. The fraction of sp³-hybridized carbons (Fsp3) is 1.00. The van der Waals surface area contributed by atoms with Crippen molar-refractivity contribution in [2.75, 3.05) is 0 Å². The molecule has 0 saturated heterocycles. The number of aliphatic hydroxyl groups excluding tert-OH is 1. The average Bonchev–Trinajstić information content (AvgIpc) is 1.77. The van der Waals surface area contributed by atoms with Crippen LogP contribution in [0.15, 0.2) is 0 Å². The maximum absolute atomic E-state index is 13.0. The largest absolute Gasteiger partial charge is 0.390 e. The van der Waals surface area contributed by atoms with Crippen LogP contribution in [-0.4, -0.2) is 16.9 Å². The summed E-state index contributed by atoms with van der Waals surface area (Å²) < 4.78 is 13.0. The van der Waals surface area contributed by atoms with Crippen LogP contribution in [0, 0.1) is 0 Å². The lowest BCUT2D eigenvalue weighted by molar-refractivity contribution is -0.0268. The Morgan fingerprint density at radius 2 is 2.22 bits per heavy atom. The summed E-state index contributed by atoms with van der Waals surface area (Å²) in [5.41, 5.74) is -1.31. The molecule has 54 valence electrons. The molecule has 0 aromatic heterocycles. The molecule has 1 aliphatic carbocycles. The highest BCUT2D eigenvalue weighted by Gasteiger charge is 2.34. The second-order valence-electron chi connectivity index (χ2n) is 3.04. The summed E-state index contributed by atoms with van der Waals surface area (Å²) in [6, 6.07) is 0. The van der Waals surface area contributed by atoms with E-state index in [0.29, 0.717) is 12.8 Å². The zero-order valence-electron chi connectivity index (χ0n) is 5.73. The molecule has 0 aromatic rings. The maximum Gasteiger partial charge on any atom is 0.134 e. The van der Waals surface area contributed by atoms with Crippen LogP contribution in [0.3, 0.4) is 0 Å². The van der Waals surface area contributed by atoms with Crippen molar-refractivity contribution in [1.29, 1.82) is 0 Å². The molecule has 1 aliphatic rings. The molecule has 9 heavy (non-hydrogen) atoms. The van der Waals surface area contributed by atoms with Gasteiger partial charge in [-0.1, -0.05) is 12.8 Å². The third-order valence-electron chi connectivity index (χ3n) is 2.09. The molecule has 2 heteroatoms. The number of aliphatic hydroxyl groups is 1. The van der Waals surface area contributed by atoms with Crippen LogP contribution in [0.25, 0.3) is 0 Å². The summed E-state index contributed by atoms with van der Waals surface area (Å²) in [6.45, 7) is 1.48. The van der Waals surface area contributed by atoms with Crippen molar-refractivity contribution >= 4 is 0 Å². The van der Waals surface area contributed by atoms with Gasteiger partial charge in [-0.05, 0) is 19.8 Å². The minimum atomic E-state index is -1.31. The highest BCUT2D eigenvalue weighted by atomic mass is 19.1. The van der Waals surface area contributed by atoms with Crippen LogP contribution in [0.2, 0.25) is 0 Å². The molecule has 0 bridgehead atoms. The third kappa shape index (κ3) is 1.42. The Morgan fingerprint density at radius 3 is 2.56 bits per heavy atom. The first-order valence-electron chi connectivity index (χ1n) is 3.50.